The molecule has 0 bridgehead atoms. The minimum atomic E-state index is 0.911. The number of nitrogens with zero attached hydrogens (tertiary/aromatic N) is 1. The Morgan fingerprint density at radius 2 is 2.19 bits per heavy atom. The number of aryl methyl sites for hydroxylation is 1. The van der Waals surface area contributed by atoms with Gasteiger partial charge in [-0.05, 0) is 37.7 Å². The van der Waals surface area contributed by atoms with Gasteiger partial charge in [-0.2, -0.15) is 0 Å². The molecule has 0 radical (unpaired) electrons. The zero-order valence-corrected chi connectivity index (χ0v) is 10.1. The van der Waals surface area contributed by atoms with Crippen molar-refractivity contribution in [3.63, 3.8) is 0 Å². The molecule has 0 amide bonds. The lowest BCUT2D eigenvalue weighted by Gasteiger charge is -2.01. The summed E-state index contributed by atoms with van der Waals surface area (Å²) in [6, 6.07) is 6.24. The molecule has 0 aliphatic rings. The van der Waals surface area contributed by atoms with Crippen molar-refractivity contribution < 1.29 is 4.74 Å². The van der Waals surface area contributed by atoms with Crippen LogP contribution in [0, 0.1) is 0 Å². The largest absolute Gasteiger partial charge is 0.497 e. The predicted molar refractivity (Wildman–Crippen MR) is 67.1 cm³/mol. The van der Waals surface area contributed by atoms with Gasteiger partial charge in [0.2, 0.25) is 0 Å². The molecule has 0 fully saturated rings. The van der Waals surface area contributed by atoms with Crippen LogP contribution in [-0.2, 0) is 13.5 Å². The highest BCUT2D eigenvalue weighted by Crippen LogP contribution is 2.25. The van der Waals surface area contributed by atoms with Crippen molar-refractivity contribution in [1.29, 1.82) is 0 Å². The fraction of sp³-hybridized carbons (Fsp3) is 0.385. The molecule has 0 spiro atoms. The summed E-state index contributed by atoms with van der Waals surface area (Å²) in [7, 11) is 5.75. The zero-order valence-electron chi connectivity index (χ0n) is 10.1. The maximum absolute atomic E-state index is 5.24. The van der Waals surface area contributed by atoms with Gasteiger partial charge in [0.05, 0.1) is 12.6 Å². The number of hydrogen-bond acceptors (Lipinski definition) is 2. The van der Waals surface area contributed by atoms with Crippen molar-refractivity contribution in [2.45, 2.75) is 6.42 Å². The highest BCUT2D eigenvalue weighted by atomic mass is 16.5. The molecule has 0 saturated heterocycles. The summed E-state index contributed by atoms with van der Waals surface area (Å²) in [4.78, 5) is 0. The lowest BCUT2D eigenvalue weighted by molar-refractivity contribution is 0.415. The van der Waals surface area contributed by atoms with Crippen LogP contribution < -0.4 is 10.1 Å². The van der Waals surface area contributed by atoms with Crippen LogP contribution in [-0.4, -0.2) is 25.3 Å². The van der Waals surface area contributed by atoms with Gasteiger partial charge in [-0.1, -0.05) is 0 Å². The summed E-state index contributed by atoms with van der Waals surface area (Å²) < 4.78 is 7.40. The summed E-state index contributed by atoms with van der Waals surface area (Å²) in [6.07, 6.45) is 3.25. The van der Waals surface area contributed by atoms with Gasteiger partial charge in [0.25, 0.3) is 0 Å². The van der Waals surface area contributed by atoms with Crippen LogP contribution in [0.4, 0.5) is 0 Å². The summed E-state index contributed by atoms with van der Waals surface area (Å²) in [5, 5.41) is 4.50. The lowest BCUT2D eigenvalue weighted by atomic mass is 10.1. The number of rotatable bonds is 4. The van der Waals surface area contributed by atoms with Crippen LogP contribution in [0.3, 0.4) is 0 Å². The van der Waals surface area contributed by atoms with Gasteiger partial charge in [0.15, 0.2) is 0 Å². The second kappa shape index (κ2) is 4.58. The average molecular weight is 218 g/mol. The first-order valence-corrected chi connectivity index (χ1v) is 5.53. The molecule has 2 rings (SSSR count). The Morgan fingerprint density at radius 3 is 2.88 bits per heavy atom. The Morgan fingerprint density at radius 1 is 1.38 bits per heavy atom. The van der Waals surface area contributed by atoms with E-state index in [1.807, 2.05) is 13.1 Å². The smallest absolute Gasteiger partial charge is 0.120 e. The molecule has 2 aromatic rings. The SMILES string of the molecule is CNCCc1cn(C)c2cc(OC)ccc12. The van der Waals surface area contributed by atoms with Crippen molar-refractivity contribution >= 4 is 10.9 Å². The van der Waals surface area contributed by atoms with Gasteiger partial charge in [0.1, 0.15) is 5.75 Å². The Labute approximate surface area is 96.0 Å². The van der Waals surface area contributed by atoms with E-state index in [9.17, 15) is 0 Å². The maximum atomic E-state index is 5.24. The molecule has 3 nitrogen and oxygen atoms in total. The van der Waals surface area contributed by atoms with Crippen molar-refractivity contribution in [1.82, 2.24) is 9.88 Å². The Bertz CT molecular complexity index is 488. The normalized spacial score (nSPS) is 10.9. The van der Waals surface area contributed by atoms with E-state index < -0.39 is 0 Å². The highest BCUT2D eigenvalue weighted by molar-refractivity contribution is 5.85. The molecule has 1 heterocycles. The third-order valence-electron chi connectivity index (χ3n) is 2.92. The van der Waals surface area contributed by atoms with E-state index >= 15 is 0 Å². The first-order chi connectivity index (χ1) is 7.76. The van der Waals surface area contributed by atoms with Crippen LogP contribution in [0.25, 0.3) is 10.9 Å². The molecule has 1 N–H and O–H groups in total. The number of methoxy groups -OCH3 is 1. The van der Waals surface area contributed by atoms with Gasteiger partial charge in [-0.3, -0.25) is 0 Å². The van der Waals surface area contributed by atoms with E-state index in [-0.39, 0.29) is 0 Å². The minimum absolute atomic E-state index is 0.911. The molecule has 0 aliphatic heterocycles. The molecular formula is C13H18N2O. The number of fused-ring (bicyclic) bond motifs is 1. The maximum Gasteiger partial charge on any atom is 0.120 e. The average Bonchev–Trinajstić information content (AvgIpc) is 2.63. The zero-order chi connectivity index (χ0) is 11.5. The molecule has 1 aromatic heterocycles. The number of likely N-dealkylation sites (N-methyl/N-ethyl adjacent to an activating group) is 1. The number of benzene rings is 1. The van der Waals surface area contributed by atoms with Crippen molar-refractivity contribution in [3.05, 3.63) is 30.0 Å². The second-order valence-corrected chi connectivity index (χ2v) is 4.00. The van der Waals surface area contributed by atoms with Crippen LogP contribution in [0.5, 0.6) is 5.75 Å². The quantitative estimate of drug-likeness (QED) is 0.849. The van der Waals surface area contributed by atoms with Crippen LogP contribution in [0.2, 0.25) is 0 Å². The first kappa shape index (κ1) is 11.0. The fourth-order valence-electron chi connectivity index (χ4n) is 2.03. The summed E-state index contributed by atoms with van der Waals surface area (Å²) in [5.41, 5.74) is 2.61. The molecule has 0 aliphatic carbocycles. The van der Waals surface area contributed by atoms with Crippen LogP contribution in [0.15, 0.2) is 24.4 Å². The molecule has 0 saturated carbocycles. The molecular weight excluding hydrogens is 200 g/mol. The van der Waals surface area contributed by atoms with Gasteiger partial charge in [-0.25, -0.2) is 0 Å². The number of aromatic nitrogens is 1. The van der Waals surface area contributed by atoms with Crippen LogP contribution >= 0.6 is 0 Å². The third-order valence-corrected chi connectivity index (χ3v) is 2.92. The first-order valence-electron chi connectivity index (χ1n) is 5.53. The predicted octanol–water partition coefficient (Wildman–Crippen LogP) is 1.95. The van der Waals surface area contributed by atoms with Crippen molar-refractivity contribution in [2.24, 2.45) is 7.05 Å². The summed E-state index contributed by atoms with van der Waals surface area (Å²) >= 11 is 0. The van der Waals surface area contributed by atoms with Crippen molar-refractivity contribution in [2.75, 3.05) is 20.7 Å². The van der Waals surface area contributed by atoms with E-state index in [1.165, 1.54) is 16.5 Å². The molecule has 0 unspecified atom stereocenters. The Kier molecular flexibility index (Phi) is 3.15. The van der Waals surface area contributed by atoms with Gasteiger partial charge in [0, 0.05) is 24.7 Å². The van der Waals surface area contributed by atoms with Gasteiger partial charge >= 0.3 is 0 Å². The fourth-order valence-corrected chi connectivity index (χ4v) is 2.03. The Hall–Kier alpha value is -1.48. The summed E-state index contributed by atoms with van der Waals surface area (Å²) in [6.45, 7) is 1.01. The highest BCUT2D eigenvalue weighted by Gasteiger charge is 2.06. The Balaban J connectivity index is 2.45. The van der Waals surface area contributed by atoms with E-state index in [4.69, 9.17) is 4.74 Å². The standard InChI is InChI=1S/C13H18N2O/c1-14-7-6-10-9-15(2)13-8-11(16-3)4-5-12(10)13/h4-5,8-9,14H,6-7H2,1-3H3. The molecule has 0 atom stereocenters. The van der Waals surface area contributed by atoms with Gasteiger partial charge < -0.3 is 14.6 Å². The van der Waals surface area contributed by atoms with Crippen LogP contribution in [0.1, 0.15) is 5.56 Å². The molecule has 16 heavy (non-hydrogen) atoms. The van der Waals surface area contributed by atoms with E-state index in [2.05, 4.69) is 35.3 Å². The van der Waals surface area contributed by atoms with E-state index in [1.54, 1.807) is 7.11 Å². The topological polar surface area (TPSA) is 26.2 Å². The van der Waals surface area contributed by atoms with Gasteiger partial charge in [-0.15, -0.1) is 0 Å². The minimum Gasteiger partial charge on any atom is -0.497 e. The molecule has 3 heteroatoms. The third kappa shape index (κ3) is 1.91. The monoisotopic (exact) mass is 218 g/mol. The summed E-state index contributed by atoms with van der Waals surface area (Å²) in [5.74, 6) is 0.911. The number of nitrogens with one attached hydrogen (secondary N) is 1. The molecule has 1 aromatic carbocycles. The number of hydrogen-bond donors (Lipinski definition) is 1. The van der Waals surface area contributed by atoms with Crippen molar-refractivity contribution in [3.8, 4) is 5.75 Å². The second-order valence-electron chi connectivity index (χ2n) is 4.00. The molecule has 86 valence electrons. The number of ether oxygens (including phenoxy) is 1. The van der Waals surface area contributed by atoms with E-state index in [0.717, 1.165) is 18.7 Å². The lowest BCUT2D eigenvalue weighted by Crippen LogP contribution is -2.09. The van der Waals surface area contributed by atoms with E-state index in [0.29, 0.717) is 0 Å².